The van der Waals surface area contributed by atoms with E-state index >= 15 is 0 Å². The van der Waals surface area contributed by atoms with Crippen molar-refractivity contribution in [2.24, 2.45) is 0 Å². The van der Waals surface area contributed by atoms with Gasteiger partial charge < -0.3 is 5.32 Å². The van der Waals surface area contributed by atoms with E-state index in [2.05, 4.69) is 23.5 Å². The van der Waals surface area contributed by atoms with Crippen molar-refractivity contribution >= 4 is 40.7 Å². The lowest BCUT2D eigenvalue weighted by atomic mass is 10.1. The van der Waals surface area contributed by atoms with Gasteiger partial charge in [0.2, 0.25) is 0 Å². The highest BCUT2D eigenvalue weighted by atomic mass is 32.1. The number of rotatable bonds is 3. The number of carbonyl (C=O) groups is 1. The lowest BCUT2D eigenvalue weighted by Gasteiger charge is -2.02. The largest absolute Gasteiger partial charge is 0.328 e. The molecule has 21 heavy (non-hydrogen) atoms. The average Bonchev–Trinajstić information content (AvgIpc) is 3.01. The summed E-state index contributed by atoms with van der Waals surface area (Å²) in [6.07, 6.45) is 2.77. The van der Waals surface area contributed by atoms with Crippen molar-refractivity contribution in [3.05, 3.63) is 63.5 Å². The van der Waals surface area contributed by atoms with Gasteiger partial charge in [0, 0.05) is 23.2 Å². The molecule has 3 rings (SSSR count). The van der Waals surface area contributed by atoms with E-state index in [1.165, 1.54) is 15.3 Å². The average molecular weight is 314 g/mol. The summed E-state index contributed by atoms with van der Waals surface area (Å²) in [4.78, 5) is 15.7. The zero-order chi connectivity index (χ0) is 14.8. The van der Waals surface area contributed by atoms with Gasteiger partial charge in [-0.15, -0.1) is 11.3 Å². The summed E-state index contributed by atoms with van der Waals surface area (Å²) < 4.78 is 0. The van der Waals surface area contributed by atoms with E-state index in [0.717, 1.165) is 11.3 Å². The summed E-state index contributed by atoms with van der Waals surface area (Å²) in [7, 11) is 1.67. The Balaban J connectivity index is 1.77. The number of likely N-dealkylation sites (N-methyl/N-ethyl adjacent to an activating group) is 1. The second-order valence-electron chi connectivity index (χ2n) is 4.82. The molecule has 0 unspecified atom stereocenters. The number of amides is 1. The Morgan fingerprint density at radius 3 is 2.67 bits per heavy atom. The smallest absolute Gasteiger partial charge is 0.276 e. The predicted octanol–water partition coefficient (Wildman–Crippen LogP) is 3.03. The zero-order valence-corrected chi connectivity index (χ0v) is 13.1. The van der Waals surface area contributed by atoms with Crippen LogP contribution >= 0.6 is 23.6 Å². The predicted molar refractivity (Wildman–Crippen MR) is 90.0 cm³/mol. The molecule has 1 aliphatic rings. The van der Waals surface area contributed by atoms with Gasteiger partial charge in [-0.05, 0) is 36.0 Å². The number of thiocarbonyl (C=S) groups is 1. The number of benzene rings is 1. The fourth-order valence-electron chi connectivity index (χ4n) is 2.13. The molecule has 0 spiro atoms. The molecule has 0 radical (unpaired) electrons. The van der Waals surface area contributed by atoms with E-state index in [0.29, 0.717) is 10.8 Å². The van der Waals surface area contributed by atoms with E-state index in [1.54, 1.807) is 18.4 Å². The van der Waals surface area contributed by atoms with Gasteiger partial charge in [0.15, 0.2) is 5.11 Å². The lowest BCUT2D eigenvalue weighted by Crippen LogP contribution is -2.25. The molecular formula is C16H14N2OS2. The molecule has 1 aromatic carbocycles. The maximum absolute atomic E-state index is 11.9. The molecule has 1 aliphatic heterocycles. The molecule has 1 aromatic heterocycles. The number of hydrogen-bond acceptors (Lipinski definition) is 3. The molecule has 1 N–H and O–H groups in total. The Bertz CT molecular complexity index is 719. The highest BCUT2D eigenvalue weighted by Crippen LogP contribution is 2.23. The summed E-state index contributed by atoms with van der Waals surface area (Å²) in [5.74, 6) is -0.0852. The maximum Gasteiger partial charge on any atom is 0.276 e. The monoisotopic (exact) mass is 314 g/mol. The summed E-state index contributed by atoms with van der Waals surface area (Å²) in [6, 6.07) is 14.5. The molecule has 1 fully saturated rings. The number of nitrogens with one attached hydrogen (secondary N) is 1. The molecule has 5 heteroatoms. The molecule has 0 atom stereocenters. The minimum absolute atomic E-state index is 0.0852. The summed E-state index contributed by atoms with van der Waals surface area (Å²) in [5.41, 5.74) is 1.82. The first kappa shape index (κ1) is 14.0. The topological polar surface area (TPSA) is 32.3 Å². The molecule has 2 heterocycles. The van der Waals surface area contributed by atoms with Crippen LogP contribution in [0.2, 0.25) is 0 Å². The molecule has 0 saturated carbocycles. The van der Waals surface area contributed by atoms with Gasteiger partial charge >= 0.3 is 0 Å². The third-order valence-electron chi connectivity index (χ3n) is 3.27. The van der Waals surface area contributed by atoms with E-state index < -0.39 is 0 Å². The number of hydrogen-bond donors (Lipinski definition) is 1. The minimum atomic E-state index is -0.0852. The molecular weight excluding hydrogens is 300 g/mol. The Hall–Kier alpha value is -1.98. The van der Waals surface area contributed by atoms with Crippen LogP contribution in [0.15, 0.2) is 48.2 Å². The van der Waals surface area contributed by atoms with Crippen molar-refractivity contribution in [2.75, 3.05) is 7.05 Å². The van der Waals surface area contributed by atoms with Crippen molar-refractivity contribution in [3.8, 4) is 0 Å². The van der Waals surface area contributed by atoms with Gasteiger partial charge in [0.25, 0.3) is 5.91 Å². The first-order valence-electron chi connectivity index (χ1n) is 6.57. The van der Waals surface area contributed by atoms with Crippen LogP contribution < -0.4 is 5.32 Å². The van der Waals surface area contributed by atoms with Gasteiger partial charge in [-0.3, -0.25) is 9.69 Å². The molecule has 1 amide bonds. The Morgan fingerprint density at radius 2 is 2.00 bits per heavy atom. The van der Waals surface area contributed by atoms with Crippen LogP contribution in [-0.4, -0.2) is 23.0 Å². The third kappa shape index (κ3) is 3.04. The number of carbonyl (C=O) groups excluding carboxylic acids is 1. The van der Waals surface area contributed by atoms with Crippen molar-refractivity contribution < 1.29 is 4.79 Å². The Labute approximate surface area is 132 Å². The summed E-state index contributed by atoms with van der Waals surface area (Å²) >= 11 is 6.75. The zero-order valence-electron chi connectivity index (χ0n) is 11.5. The van der Waals surface area contributed by atoms with Gasteiger partial charge in [-0.25, -0.2) is 0 Å². The van der Waals surface area contributed by atoms with Crippen LogP contribution in [-0.2, 0) is 11.2 Å². The highest BCUT2D eigenvalue weighted by molar-refractivity contribution is 7.80. The summed E-state index contributed by atoms with van der Waals surface area (Å²) in [6.45, 7) is 0. The standard InChI is InChI=1S/C16H14N2OS2/c1-18-15(19)14(17-16(18)20)10-13-8-7-12(21-13)9-11-5-3-2-4-6-11/h2-8,10H,9H2,1H3,(H,17,20)/b14-10+. The highest BCUT2D eigenvalue weighted by Gasteiger charge is 2.26. The van der Waals surface area contributed by atoms with Crippen molar-refractivity contribution in [2.45, 2.75) is 6.42 Å². The Morgan fingerprint density at radius 1 is 1.24 bits per heavy atom. The molecule has 0 bridgehead atoms. The van der Waals surface area contributed by atoms with Gasteiger partial charge in [-0.1, -0.05) is 30.3 Å². The number of nitrogens with zero attached hydrogens (tertiary/aromatic N) is 1. The second kappa shape index (κ2) is 5.79. The van der Waals surface area contributed by atoms with Gasteiger partial charge in [0.1, 0.15) is 5.70 Å². The molecule has 2 aromatic rings. The van der Waals surface area contributed by atoms with Crippen LogP contribution in [0, 0.1) is 0 Å². The first-order valence-corrected chi connectivity index (χ1v) is 7.79. The fraction of sp³-hybridized carbons (Fsp3) is 0.125. The minimum Gasteiger partial charge on any atom is -0.328 e. The maximum atomic E-state index is 11.9. The quantitative estimate of drug-likeness (QED) is 0.698. The van der Waals surface area contributed by atoms with E-state index in [4.69, 9.17) is 12.2 Å². The van der Waals surface area contributed by atoms with E-state index in [9.17, 15) is 4.79 Å². The van der Waals surface area contributed by atoms with E-state index in [1.807, 2.05) is 30.3 Å². The molecule has 0 aliphatic carbocycles. The van der Waals surface area contributed by atoms with E-state index in [-0.39, 0.29) is 5.91 Å². The molecule has 106 valence electrons. The Kier molecular flexibility index (Phi) is 3.86. The molecule has 1 saturated heterocycles. The molecule has 3 nitrogen and oxygen atoms in total. The third-order valence-corrected chi connectivity index (χ3v) is 4.68. The fourth-order valence-corrected chi connectivity index (χ4v) is 3.31. The van der Waals surface area contributed by atoms with Crippen LogP contribution in [0.1, 0.15) is 15.3 Å². The van der Waals surface area contributed by atoms with Crippen molar-refractivity contribution in [3.63, 3.8) is 0 Å². The lowest BCUT2D eigenvalue weighted by molar-refractivity contribution is -0.121. The van der Waals surface area contributed by atoms with Crippen molar-refractivity contribution in [1.82, 2.24) is 10.2 Å². The summed E-state index contributed by atoms with van der Waals surface area (Å²) in [5, 5.41) is 3.39. The van der Waals surface area contributed by atoms with Crippen LogP contribution in [0.4, 0.5) is 0 Å². The van der Waals surface area contributed by atoms with Gasteiger partial charge in [0.05, 0.1) is 0 Å². The first-order chi connectivity index (χ1) is 10.1. The van der Waals surface area contributed by atoms with Gasteiger partial charge in [-0.2, -0.15) is 0 Å². The van der Waals surface area contributed by atoms with Crippen LogP contribution in [0.5, 0.6) is 0 Å². The number of thiophene rings is 1. The second-order valence-corrected chi connectivity index (χ2v) is 6.41. The van der Waals surface area contributed by atoms with Crippen molar-refractivity contribution in [1.29, 1.82) is 0 Å². The normalized spacial score (nSPS) is 16.6. The van der Waals surface area contributed by atoms with Crippen LogP contribution in [0.3, 0.4) is 0 Å². The SMILES string of the molecule is CN1C(=O)/C(=C\c2ccc(Cc3ccccc3)s2)NC1=S. The van der Waals surface area contributed by atoms with Crippen LogP contribution in [0.25, 0.3) is 6.08 Å².